The fourth-order valence-electron chi connectivity index (χ4n) is 1.69. The monoisotopic (exact) mass is 233 g/mol. The first kappa shape index (κ1) is 11.2. The van der Waals surface area contributed by atoms with E-state index in [0.717, 1.165) is 0 Å². The van der Waals surface area contributed by atoms with E-state index >= 15 is 0 Å². The van der Waals surface area contributed by atoms with E-state index in [-0.39, 0.29) is 11.5 Å². The molecule has 2 rings (SSSR count). The summed E-state index contributed by atoms with van der Waals surface area (Å²) >= 11 is 0. The van der Waals surface area contributed by atoms with Gasteiger partial charge in [0, 0.05) is 0 Å². The molecule has 0 fully saturated rings. The van der Waals surface area contributed by atoms with Gasteiger partial charge in [0.1, 0.15) is 12.4 Å². The summed E-state index contributed by atoms with van der Waals surface area (Å²) in [6, 6.07) is 4.43. The van der Waals surface area contributed by atoms with E-state index in [1.54, 1.807) is 6.07 Å². The number of carboxylic acids is 1. The van der Waals surface area contributed by atoms with Crippen LogP contribution in [0.3, 0.4) is 0 Å². The number of nitrogens with zero attached hydrogens (tertiary/aromatic N) is 1. The van der Waals surface area contributed by atoms with Gasteiger partial charge in [-0.05, 0) is 24.3 Å². The lowest BCUT2D eigenvalue weighted by Crippen LogP contribution is -2.36. The number of hydrogen-bond acceptors (Lipinski definition) is 3. The van der Waals surface area contributed by atoms with Gasteiger partial charge in [-0.3, -0.25) is 4.79 Å². The number of rotatable bonds is 2. The SMILES string of the molecule is C=CC(=O)N1CCOc2cc(C(=O)O)ccc21. The molecule has 88 valence electrons. The Bertz CT molecular complexity index is 495. The minimum Gasteiger partial charge on any atom is -0.490 e. The lowest BCUT2D eigenvalue weighted by molar-refractivity contribution is -0.114. The third-order valence-electron chi connectivity index (χ3n) is 2.51. The summed E-state index contributed by atoms with van der Waals surface area (Å²) < 4.78 is 5.35. The van der Waals surface area contributed by atoms with Gasteiger partial charge < -0.3 is 14.7 Å². The minimum atomic E-state index is -1.02. The molecule has 0 atom stereocenters. The van der Waals surface area contributed by atoms with Gasteiger partial charge in [-0.1, -0.05) is 6.58 Å². The van der Waals surface area contributed by atoms with Gasteiger partial charge in [0.2, 0.25) is 0 Å². The van der Waals surface area contributed by atoms with Crippen LogP contribution >= 0.6 is 0 Å². The number of carbonyl (C=O) groups excluding carboxylic acids is 1. The van der Waals surface area contributed by atoms with Crippen molar-refractivity contribution in [3.05, 3.63) is 36.4 Å². The Morgan fingerprint density at radius 1 is 1.47 bits per heavy atom. The summed E-state index contributed by atoms with van der Waals surface area (Å²) in [4.78, 5) is 23.9. The third-order valence-corrected chi connectivity index (χ3v) is 2.51. The van der Waals surface area contributed by atoms with Crippen molar-refractivity contribution in [2.45, 2.75) is 0 Å². The fraction of sp³-hybridized carbons (Fsp3) is 0.167. The zero-order valence-electron chi connectivity index (χ0n) is 9.05. The zero-order chi connectivity index (χ0) is 12.4. The molecule has 0 saturated carbocycles. The van der Waals surface area contributed by atoms with E-state index in [2.05, 4.69) is 6.58 Å². The van der Waals surface area contributed by atoms with Crippen LogP contribution in [0.2, 0.25) is 0 Å². The molecule has 17 heavy (non-hydrogen) atoms. The van der Waals surface area contributed by atoms with Crippen molar-refractivity contribution in [3.63, 3.8) is 0 Å². The molecule has 1 N–H and O–H groups in total. The number of carbonyl (C=O) groups is 2. The second-order valence-electron chi connectivity index (χ2n) is 3.53. The van der Waals surface area contributed by atoms with E-state index in [4.69, 9.17) is 9.84 Å². The molecule has 1 heterocycles. The normalized spacial score (nSPS) is 13.5. The van der Waals surface area contributed by atoms with Gasteiger partial charge >= 0.3 is 5.97 Å². The second-order valence-corrected chi connectivity index (χ2v) is 3.53. The predicted molar refractivity (Wildman–Crippen MR) is 61.4 cm³/mol. The molecule has 0 unspecified atom stereocenters. The van der Waals surface area contributed by atoms with Crippen molar-refractivity contribution >= 4 is 17.6 Å². The highest BCUT2D eigenvalue weighted by Crippen LogP contribution is 2.32. The summed E-state index contributed by atoms with van der Waals surface area (Å²) in [6.07, 6.45) is 1.22. The van der Waals surface area contributed by atoms with Crippen LogP contribution in [0.1, 0.15) is 10.4 Å². The molecule has 1 aliphatic rings. The maximum absolute atomic E-state index is 11.6. The standard InChI is InChI=1S/C12H11NO4/c1-2-11(14)13-5-6-17-10-7-8(12(15)16)3-4-9(10)13/h2-4,7H,1,5-6H2,(H,15,16). The number of aromatic carboxylic acids is 1. The first-order valence-corrected chi connectivity index (χ1v) is 5.07. The van der Waals surface area contributed by atoms with Crippen LogP contribution in [0, 0.1) is 0 Å². The third kappa shape index (κ3) is 1.99. The van der Waals surface area contributed by atoms with Crippen LogP contribution < -0.4 is 9.64 Å². The smallest absolute Gasteiger partial charge is 0.335 e. The number of fused-ring (bicyclic) bond motifs is 1. The van der Waals surface area contributed by atoms with Crippen molar-refractivity contribution in [2.24, 2.45) is 0 Å². The molecular formula is C12H11NO4. The molecule has 0 spiro atoms. The molecular weight excluding hydrogens is 222 g/mol. The highest BCUT2D eigenvalue weighted by atomic mass is 16.5. The Morgan fingerprint density at radius 3 is 2.88 bits per heavy atom. The molecule has 1 amide bonds. The minimum absolute atomic E-state index is 0.136. The maximum atomic E-state index is 11.6. The summed E-state index contributed by atoms with van der Waals surface area (Å²) in [5.41, 5.74) is 0.711. The average Bonchev–Trinajstić information content (AvgIpc) is 2.36. The van der Waals surface area contributed by atoms with Crippen molar-refractivity contribution < 1.29 is 19.4 Å². The van der Waals surface area contributed by atoms with Gasteiger partial charge in [0.15, 0.2) is 0 Å². The van der Waals surface area contributed by atoms with E-state index in [9.17, 15) is 9.59 Å². The first-order valence-electron chi connectivity index (χ1n) is 5.07. The van der Waals surface area contributed by atoms with Crippen LogP contribution in [-0.4, -0.2) is 30.1 Å². The largest absolute Gasteiger partial charge is 0.490 e. The lowest BCUT2D eigenvalue weighted by atomic mass is 10.1. The maximum Gasteiger partial charge on any atom is 0.335 e. The zero-order valence-corrected chi connectivity index (χ0v) is 9.05. The number of hydrogen-bond donors (Lipinski definition) is 1. The molecule has 1 aromatic carbocycles. The molecule has 5 nitrogen and oxygen atoms in total. The highest BCUT2D eigenvalue weighted by Gasteiger charge is 2.22. The van der Waals surface area contributed by atoms with E-state index < -0.39 is 5.97 Å². The number of carboxylic acid groups (broad SMARTS) is 1. The van der Waals surface area contributed by atoms with Gasteiger partial charge in [0.05, 0.1) is 17.8 Å². The van der Waals surface area contributed by atoms with Crippen LogP contribution in [0.4, 0.5) is 5.69 Å². The molecule has 0 saturated heterocycles. The first-order chi connectivity index (χ1) is 8.13. The topological polar surface area (TPSA) is 66.8 Å². The fourth-order valence-corrected chi connectivity index (χ4v) is 1.69. The molecule has 0 bridgehead atoms. The molecule has 1 aromatic rings. The van der Waals surface area contributed by atoms with Crippen molar-refractivity contribution in [2.75, 3.05) is 18.1 Å². The van der Waals surface area contributed by atoms with Gasteiger partial charge in [-0.15, -0.1) is 0 Å². The molecule has 1 aliphatic heterocycles. The molecule has 0 aromatic heterocycles. The van der Waals surface area contributed by atoms with Crippen molar-refractivity contribution in [3.8, 4) is 5.75 Å². The van der Waals surface area contributed by atoms with Crippen LogP contribution in [0.15, 0.2) is 30.9 Å². The lowest BCUT2D eigenvalue weighted by Gasteiger charge is -2.28. The summed E-state index contributed by atoms with van der Waals surface area (Å²) in [5, 5.41) is 8.86. The van der Waals surface area contributed by atoms with Crippen LogP contribution in [0.25, 0.3) is 0 Å². The molecule has 0 aliphatic carbocycles. The quantitative estimate of drug-likeness (QED) is 0.782. The average molecular weight is 233 g/mol. The highest BCUT2D eigenvalue weighted by molar-refractivity contribution is 6.03. The summed E-state index contributed by atoms with van der Waals surface area (Å²) in [7, 11) is 0. The van der Waals surface area contributed by atoms with E-state index in [1.807, 2.05) is 0 Å². The number of ether oxygens (including phenoxy) is 1. The van der Waals surface area contributed by atoms with Crippen molar-refractivity contribution in [1.29, 1.82) is 0 Å². The molecule has 5 heteroatoms. The Labute approximate surface area is 97.9 Å². The Hall–Kier alpha value is -2.30. The number of amides is 1. The number of anilines is 1. The van der Waals surface area contributed by atoms with Crippen LogP contribution in [-0.2, 0) is 4.79 Å². The van der Waals surface area contributed by atoms with Crippen LogP contribution in [0.5, 0.6) is 5.75 Å². The van der Waals surface area contributed by atoms with E-state index in [0.29, 0.717) is 24.6 Å². The van der Waals surface area contributed by atoms with Gasteiger partial charge in [0.25, 0.3) is 5.91 Å². The Balaban J connectivity index is 2.43. The van der Waals surface area contributed by atoms with E-state index in [1.165, 1.54) is 23.1 Å². The van der Waals surface area contributed by atoms with Crippen molar-refractivity contribution in [1.82, 2.24) is 0 Å². The van der Waals surface area contributed by atoms with Gasteiger partial charge in [-0.2, -0.15) is 0 Å². The van der Waals surface area contributed by atoms with Gasteiger partial charge in [-0.25, -0.2) is 4.79 Å². The Morgan fingerprint density at radius 2 is 2.24 bits per heavy atom. The molecule has 0 radical (unpaired) electrons. The predicted octanol–water partition coefficient (Wildman–Crippen LogP) is 1.30. The number of benzene rings is 1. The summed E-state index contributed by atoms with van der Waals surface area (Å²) in [5.74, 6) is -0.840. The second kappa shape index (κ2) is 4.29. The summed E-state index contributed by atoms with van der Waals surface area (Å²) in [6.45, 7) is 4.21. The Kier molecular flexibility index (Phi) is 2.82.